The Hall–Kier alpha value is -1.21. The van der Waals surface area contributed by atoms with Gasteiger partial charge in [0.1, 0.15) is 11.0 Å². The number of hydrogen-bond donors (Lipinski definition) is 1. The monoisotopic (exact) mass is 329 g/mol. The van der Waals surface area contributed by atoms with Crippen molar-refractivity contribution in [3.05, 3.63) is 38.9 Å². The van der Waals surface area contributed by atoms with Gasteiger partial charge in [0.15, 0.2) is 0 Å². The van der Waals surface area contributed by atoms with E-state index < -0.39 is 0 Å². The lowest BCUT2D eigenvalue weighted by Gasteiger charge is -2.02. The molecule has 96 valence electrons. The molecule has 3 heterocycles. The van der Waals surface area contributed by atoms with Gasteiger partial charge >= 0.3 is 0 Å². The number of hydrogen-bond acceptors (Lipinski definition) is 5. The largest absolute Gasteiger partial charge is 0.306 e. The number of aromatic nitrogens is 2. The summed E-state index contributed by atoms with van der Waals surface area (Å²) < 4.78 is 2.18. The smallest absolute Gasteiger partial charge is 0.266 e. The van der Waals surface area contributed by atoms with Crippen LogP contribution in [0.2, 0.25) is 10.4 Å². The average Bonchev–Trinajstić information content (AvgIpc) is 2.86. The lowest BCUT2D eigenvalue weighted by Crippen LogP contribution is -2.11. The highest BCUT2D eigenvalue weighted by Crippen LogP contribution is 2.30. The molecule has 3 aromatic heterocycles. The number of nitrogens with one attached hydrogen (secondary N) is 1. The van der Waals surface area contributed by atoms with Gasteiger partial charge in [0.05, 0.1) is 4.88 Å². The molecular formula is C11H5Cl2N3OS2. The quantitative estimate of drug-likeness (QED) is 0.563. The van der Waals surface area contributed by atoms with Crippen LogP contribution in [0.25, 0.3) is 9.40 Å². The van der Waals surface area contributed by atoms with E-state index >= 15 is 0 Å². The Kier molecular flexibility index (Phi) is 3.40. The Morgan fingerprint density at radius 3 is 2.79 bits per heavy atom. The Morgan fingerprint density at radius 1 is 1.21 bits per heavy atom. The van der Waals surface area contributed by atoms with Gasteiger partial charge in [-0.15, -0.1) is 22.7 Å². The number of carbonyl (C=O) groups excluding carboxylic acids is 1. The van der Waals surface area contributed by atoms with Crippen LogP contribution in [0.15, 0.2) is 23.6 Å². The zero-order valence-corrected chi connectivity index (χ0v) is 12.3. The van der Waals surface area contributed by atoms with Gasteiger partial charge in [-0.2, -0.15) is 0 Å². The highest BCUT2D eigenvalue weighted by Gasteiger charge is 2.12. The molecule has 0 bridgehead atoms. The molecular weight excluding hydrogens is 325 g/mol. The molecule has 0 aromatic carbocycles. The van der Waals surface area contributed by atoms with E-state index in [9.17, 15) is 4.79 Å². The maximum atomic E-state index is 12.1. The van der Waals surface area contributed by atoms with Gasteiger partial charge < -0.3 is 5.32 Å². The van der Waals surface area contributed by atoms with Crippen molar-refractivity contribution in [1.29, 1.82) is 0 Å². The molecule has 1 amide bonds. The second-order valence-electron chi connectivity index (χ2n) is 3.56. The lowest BCUT2D eigenvalue weighted by atomic mass is 10.4. The first-order chi connectivity index (χ1) is 9.11. The van der Waals surface area contributed by atoms with E-state index in [1.807, 2.05) is 17.5 Å². The molecule has 1 N–H and O–H groups in total. The molecule has 0 saturated carbocycles. The second-order valence-corrected chi connectivity index (χ2v) is 6.32. The zero-order valence-electron chi connectivity index (χ0n) is 9.18. The normalized spacial score (nSPS) is 10.8. The van der Waals surface area contributed by atoms with Gasteiger partial charge in [-0.3, -0.25) is 4.79 Å². The van der Waals surface area contributed by atoms with E-state index in [-0.39, 0.29) is 22.2 Å². The molecule has 0 radical (unpaired) electrons. The van der Waals surface area contributed by atoms with Crippen molar-refractivity contribution in [1.82, 2.24) is 9.97 Å². The van der Waals surface area contributed by atoms with Crippen molar-refractivity contribution in [3.63, 3.8) is 0 Å². The molecule has 3 rings (SSSR count). The maximum Gasteiger partial charge on any atom is 0.266 e. The summed E-state index contributed by atoms with van der Waals surface area (Å²) in [6.07, 6.45) is 0. The second kappa shape index (κ2) is 5.05. The van der Waals surface area contributed by atoms with Crippen molar-refractivity contribution >= 4 is 67.0 Å². The summed E-state index contributed by atoms with van der Waals surface area (Å²) in [7, 11) is 0. The van der Waals surface area contributed by atoms with E-state index in [1.54, 1.807) is 11.3 Å². The molecule has 0 unspecified atom stereocenters. The SMILES string of the molecule is O=C(Nc1cc(Cl)nc(Cl)n1)c1cc2sccc2s1. The number of nitrogens with zero attached hydrogens (tertiary/aromatic N) is 2. The fourth-order valence-corrected chi connectivity index (χ4v) is 3.92. The van der Waals surface area contributed by atoms with E-state index in [1.165, 1.54) is 17.4 Å². The molecule has 8 heteroatoms. The van der Waals surface area contributed by atoms with Crippen LogP contribution in [0.4, 0.5) is 5.82 Å². The van der Waals surface area contributed by atoms with Gasteiger partial charge in [-0.25, -0.2) is 9.97 Å². The molecule has 0 fully saturated rings. The molecule has 0 saturated heterocycles. The van der Waals surface area contributed by atoms with Crippen molar-refractivity contribution in [2.45, 2.75) is 0 Å². The van der Waals surface area contributed by atoms with Gasteiger partial charge in [-0.05, 0) is 29.1 Å². The highest BCUT2D eigenvalue weighted by molar-refractivity contribution is 7.27. The van der Waals surface area contributed by atoms with E-state index in [0.29, 0.717) is 4.88 Å². The van der Waals surface area contributed by atoms with Gasteiger partial charge in [0.25, 0.3) is 5.91 Å². The first-order valence-corrected chi connectivity index (χ1v) is 7.55. The van der Waals surface area contributed by atoms with Crippen LogP contribution in [-0.4, -0.2) is 15.9 Å². The van der Waals surface area contributed by atoms with Crippen LogP contribution in [0.1, 0.15) is 9.67 Å². The van der Waals surface area contributed by atoms with Crippen molar-refractivity contribution in [2.75, 3.05) is 5.32 Å². The van der Waals surface area contributed by atoms with E-state index in [0.717, 1.165) is 9.40 Å². The maximum absolute atomic E-state index is 12.1. The third-order valence-electron chi connectivity index (χ3n) is 2.27. The lowest BCUT2D eigenvalue weighted by molar-refractivity contribution is 0.103. The number of carbonyl (C=O) groups is 1. The van der Waals surface area contributed by atoms with Crippen molar-refractivity contribution < 1.29 is 4.79 Å². The van der Waals surface area contributed by atoms with Gasteiger partial charge in [-0.1, -0.05) is 11.6 Å². The minimum atomic E-state index is -0.237. The van der Waals surface area contributed by atoms with Crippen LogP contribution in [0.3, 0.4) is 0 Å². The number of fused-ring (bicyclic) bond motifs is 1. The summed E-state index contributed by atoms with van der Waals surface area (Å²) in [5.41, 5.74) is 0. The summed E-state index contributed by atoms with van der Waals surface area (Å²) in [6.45, 7) is 0. The summed E-state index contributed by atoms with van der Waals surface area (Å²) in [4.78, 5) is 20.3. The molecule has 3 aromatic rings. The topological polar surface area (TPSA) is 54.9 Å². The standard InChI is InChI=1S/C11H5Cl2N3OS2/c12-8-4-9(16-11(13)14-8)15-10(17)7-3-6-5(19-7)1-2-18-6/h1-4H,(H,14,15,16,17). The Bertz CT molecular complexity index is 719. The third kappa shape index (κ3) is 2.71. The van der Waals surface area contributed by atoms with Crippen molar-refractivity contribution in [3.8, 4) is 0 Å². The molecule has 0 aliphatic heterocycles. The minimum Gasteiger partial charge on any atom is -0.306 e. The fourth-order valence-electron chi connectivity index (χ4n) is 1.51. The number of halogens is 2. The molecule has 4 nitrogen and oxygen atoms in total. The summed E-state index contributed by atoms with van der Waals surface area (Å²) in [6, 6.07) is 5.28. The molecule has 0 spiro atoms. The number of amides is 1. The van der Waals surface area contributed by atoms with Gasteiger partial charge in [0, 0.05) is 15.5 Å². The highest BCUT2D eigenvalue weighted by atomic mass is 35.5. The third-order valence-corrected chi connectivity index (χ3v) is 4.73. The van der Waals surface area contributed by atoms with Crippen LogP contribution in [-0.2, 0) is 0 Å². The van der Waals surface area contributed by atoms with Crippen LogP contribution >= 0.6 is 45.9 Å². The fraction of sp³-hybridized carbons (Fsp3) is 0. The summed E-state index contributed by atoms with van der Waals surface area (Å²) >= 11 is 14.4. The number of rotatable bonds is 2. The first-order valence-electron chi connectivity index (χ1n) is 5.10. The molecule has 0 atom stereocenters. The van der Waals surface area contributed by atoms with E-state index in [4.69, 9.17) is 23.2 Å². The first kappa shape index (κ1) is 12.8. The van der Waals surface area contributed by atoms with E-state index in [2.05, 4.69) is 15.3 Å². The summed E-state index contributed by atoms with van der Waals surface area (Å²) in [5.74, 6) is 0.0472. The predicted molar refractivity (Wildman–Crippen MR) is 79.7 cm³/mol. The zero-order chi connectivity index (χ0) is 13.4. The summed E-state index contributed by atoms with van der Waals surface area (Å²) in [5, 5.41) is 4.82. The van der Waals surface area contributed by atoms with Crippen molar-refractivity contribution in [2.24, 2.45) is 0 Å². The Labute approximate surface area is 126 Å². The predicted octanol–water partition coefficient (Wildman–Crippen LogP) is 4.31. The Morgan fingerprint density at radius 2 is 2.05 bits per heavy atom. The molecule has 0 aliphatic rings. The number of thiophene rings is 2. The van der Waals surface area contributed by atoms with Crippen LogP contribution in [0, 0.1) is 0 Å². The van der Waals surface area contributed by atoms with Crippen LogP contribution < -0.4 is 5.32 Å². The molecule has 0 aliphatic carbocycles. The molecule has 19 heavy (non-hydrogen) atoms. The number of anilines is 1. The van der Waals surface area contributed by atoms with Crippen LogP contribution in [0.5, 0.6) is 0 Å². The Balaban J connectivity index is 1.86. The minimum absolute atomic E-state index is 0.00466. The average molecular weight is 330 g/mol. The van der Waals surface area contributed by atoms with Gasteiger partial charge in [0.2, 0.25) is 5.28 Å².